The Balaban J connectivity index is 1.55. The van der Waals surface area contributed by atoms with Crippen LogP contribution < -0.4 is 0 Å². The lowest BCUT2D eigenvalue weighted by Crippen LogP contribution is -2.50. The van der Waals surface area contributed by atoms with Gasteiger partial charge in [-0.1, -0.05) is 36.1 Å². The molecule has 2 aromatic rings. The molecule has 0 bridgehead atoms. The number of hydrogen-bond acceptors (Lipinski definition) is 8. The lowest BCUT2D eigenvalue weighted by Gasteiger charge is -2.33. The number of furan rings is 1. The Morgan fingerprint density at radius 2 is 2.00 bits per heavy atom. The highest BCUT2D eigenvalue weighted by Crippen LogP contribution is 2.35. The Kier molecular flexibility index (Phi) is 5.27. The molecule has 0 radical (unpaired) electrons. The molecule has 1 aromatic heterocycles. The Hall–Kier alpha value is -2.53. The van der Waals surface area contributed by atoms with Crippen LogP contribution in [0.3, 0.4) is 0 Å². The first-order valence-corrected chi connectivity index (χ1v) is 9.70. The number of non-ortho nitro benzene ring substituents is 1. The SMILES string of the molecule is O=C1/C(=C/c2ccc(-c3cccc([N+](=O)[O-])c3)o2)SC(=S)N1N1CCOCC1. The summed E-state index contributed by atoms with van der Waals surface area (Å²) in [5, 5.41) is 14.3. The molecule has 144 valence electrons. The van der Waals surface area contributed by atoms with Crippen LogP contribution in [0, 0.1) is 10.1 Å². The quantitative estimate of drug-likeness (QED) is 0.324. The minimum atomic E-state index is -0.454. The van der Waals surface area contributed by atoms with Crippen molar-refractivity contribution in [2.24, 2.45) is 0 Å². The van der Waals surface area contributed by atoms with Gasteiger partial charge in [-0.3, -0.25) is 14.9 Å². The normalized spacial score (nSPS) is 19.6. The Morgan fingerprint density at radius 3 is 2.75 bits per heavy atom. The van der Waals surface area contributed by atoms with Crippen LogP contribution in [-0.4, -0.2) is 51.5 Å². The molecule has 0 atom stereocenters. The van der Waals surface area contributed by atoms with Gasteiger partial charge in [0.05, 0.1) is 23.0 Å². The van der Waals surface area contributed by atoms with Gasteiger partial charge in [0.25, 0.3) is 11.6 Å². The molecule has 2 aliphatic heterocycles. The van der Waals surface area contributed by atoms with Gasteiger partial charge in [-0.25, -0.2) is 10.0 Å². The van der Waals surface area contributed by atoms with Gasteiger partial charge in [-0.15, -0.1) is 0 Å². The highest BCUT2D eigenvalue weighted by Gasteiger charge is 2.37. The molecular formula is C18H15N3O5S2. The maximum atomic E-state index is 12.8. The van der Waals surface area contributed by atoms with Crippen molar-refractivity contribution >= 4 is 46.0 Å². The maximum absolute atomic E-state index is 12.8. The van der Waals surface area contributed by atoms with Crippen molar-refractivity contribution in [2.45, 2.75) is 0 Å². The molecule has 0 N–H and O–H groups in total. The molecule has 2 aliphatic rings. The molecule has 0 spiro atoms. The van der Waals surface area contributed by atoms with E-state index in [1.165, 1.54) is 28.9 Å². The van der Waals surface area contributed by atoms with E-state index in [1.807, 2.05) is 5.01 Å². The van der Waals surface area contributed by atoms with Gasteiger partial charge in [0.2, 0.25) is 0 Å². The van der Waals surface area contributed by atoms with Crippen molar-refractivity contribution in [1.82, 2.24) is 10.0 Å². The van der Waals surface area contributed by atoms with Crippen molar-refractivity contribution in [3.8, 4) is 11.3 Å². The number of thiocarbonyl (C=S) groups is 1. The summed E-state index contributed by atoms with van der Waals surface area (Å²) in [6, 6.07) is 9.63. The second-order valence-electron chi connectivity index (χ2n) is 6.07. The molecule has 1 aromatic carbocycles. The summed E-state index contributed by atoms with van der Waals surface area (Å²) in [6.45, 7) is 2.33. The summed E-state index contributed by atoms with van der Waals surface area (Å²) in [7, 11) is 0. The maximum Gasteiger partial charge on any atom is 0.281 e. The number of morpholine rings is 1. The first kappa shape index (κ1) is 18.8. The standard InChI is InChI=1S/C18H15N3O5S2/c22-17-16(28-18(27)20(17)19-6-8-25-9-7-19)11-14-4-5-15(26-14)12-2-1-3-13(10-12)21(23)24/h1-5,10-11H,6-9H2/b16-11-. The second-order valence-corrected chi connectivity index (χ2v) is 7.74. The smallest absolute Gasteiger partial charge is 0.281 e. The van der Waals surface area contributed by atoms with E-state index >= 15 is 0 Å². The van der Waals surface area contributed by atoms with Gasteiger partial charge in [0.15, 0.2) is 4.32 Å². The van der Waals surface area contributed by atoms with E-state index < -0.39 is 4.92 Å². The van der Waals surface area contributed by atoms with E-state index in [0.29, 0.717) is 52.6 Å². The molecule has 0 unspecified atom stereocenters. The number of nitrogens with zero attached hydrogens (tertiary/aromatic N) is 3. The van der Waals surface area contributed by atoms with Gasteiger partial charge in [-0.2, -0.15) is 0 Å². The van der Waals surface area contributed by atoms with Gasteiger partial charge in [-0.05, 0) is 12.1 Å². The van der Waals surface area contributed by atoms with Crippen LogP contribution in [-0.2, 0) is 9.53 Å². The highest BCUT2D eigenvalue weighted by atomic mass is 32.2. The fourth-order valence-corrected chi connectivity index (χ4v) is 4.23. The lowest BCUT2D eigenvalue weighted by molar-refractivity contribution is -0.384. The predicted molar refractivity (Wildman–Crippen MR) is 108 cm³/mol. The third kappa shape index (κ3) is 3.72. The summed E-state index contributed by atoms with van der Waals surface area (Å²) in [4.78, 5) is 23.7. The molecule has 4 rings (SSSR count). The van der Waals surface area contributed by atoms with Crippen molar-refractivity contribution in [2.75, 3.05) is 26.3 Å². The molecule has 0 saturated carbocycles. The summed E-state index contributed by atoms with van der Waals surface area (Å²) >= 11 is 6.58. The number of carbonyl (C=O) groups excluding carboxylic acids is 1. The van der Waals surface area contributed by atoms with Gasteiger partial charge in [0.1, 0.15) is 11.5 Å². The van der Waals surface area contributed by atoms with Crippen molar-refractivity contribution in [1.29, 1.82) is 0 Å². The average molecular weight is 417 g/mol. The van der Waals surface area contributed by atoms with Crippen LogP contribution in [0.2, 0.25) is 0 Å². The molecule has 2 fully saturated rings. The number of amides is 1. The molecule has 2 saturated heterocycles. The zero-order valence-electron chi connectivity index (χ0n) is 14.6. The Bertz CT molecular complexity index is 981. The number of hydrogen-bond donors (Lipinski definition) is 0. The van der Waals surface area contributed by atoms with E-state index in [9.17, 15) is 14.9 Å². The van der Waals surface area contributed by atoms with E-state index in [2.05, 4.69) is 0 Å². The second kappa shape index (κ2) is 7.84. The summed E-state index contributed by atoms with van der Waals surface area (Å²) in [5.41, 5.74) is 0.580. The first-order valence-electron chi connectivity index (χ1n) is 8.48. The van der Waals surface area contributed by atoms with Crippen LogP contribution in [0.5, 0.6) is 0 Å². The molecule has 8 nitrogen and oxygen atoms in total. The van der Waals surface area contributed by atoms with E-state index in [-0.39, 0.29) is 11.6 Å². The zero-order chi connectivity index (χ0) is 19.7. The largest absolute Gasteiger partial charge is 0.457 e. The number of rotatable bonds is 4. The summed E-state index contributed by atoms with van der Waals surface area (Å²) in [5.74, 6) is 0.771. The van der Waals surface area contributed by atoms with Crippen LogP contribution in [0.4, 0.5) is 5.69 Å². The first-order chi connectivity index (χ1) is 13.5. The van der Waals surface area contributed by atoms with Crippen LogP contribution in [0.25, 0.3) is 17.4 Å². The number of ether oxygens (including phenoxy) is 1. The number of hydrazine groups is 1. The van der Waals surface area contributed by atoms with Gasteiger partial charge >= 0.3 is 0 Å². The molecule has 28 heavy (non-hydrogen) atoms. The summed E-state index contributed by atoms with van der Waals surface area (Å²) in [6.07, 6.45) is 1.64. The van der Waals surface area contributed by atoms with Crippen molar-refractivity contribution in [3.63, 3.8) is 0 Å². The Morgan fingerprint density at radius 1 is 1.21 bits per heavy atom. The topological polar surface area (TPSA) is 89.1 Å². The minimum absolute atomic E-state index is 0.0122. The number of nitro groups is 1. The predicted octanol–water partition coefficient (Wildman–Crippen LogP) is 3.30. The van der Waals surface area contributed by atoms with E-state index in [1.54, 1.807) is 30.3 Å². The van der Waals surface area contributed by atoms with Gasteiger partial charge < -0.3 is 9.15 Å². The number of thioether (sulfide) groups is 1. The van der Waals surface area contributed by atoms with E-state index in [4.69, 9.17) is 21.4 Å². The highest BCUT2D eigenvalue weighted by molar-refractivity contribution is 8.26. The fourth-order valence-electron chi connectivity index (χ4n) is 2.94. The van der Waals surface area contributed by atoms with Gasteiger partial charge in [0, 0.05) is 36.9 Å². The number of benzene rings is 1. The third-order valence-corrected chi connectivity index (χ3v) is 5.57. The van der Waals surface area contributed by atoms with Crippen LogP contribution in [0.1, 0.15) is 5.76 Å². The van der Waals surface area contributed by atoms with Crippen LogP contribution >= 0.6 is 24.0 Å². The monoisotopic (exact) mass is 417 g/mol. The Labute approximate surface area is 169 Å². The molecule has 10 heteroatoms. The molecule has 3 heterocycles. The number of nitro benzene ring substituents is 1. The fraction of sp³-hybridized carbons (Fsp3) is 0.222. The lowest BCUT2D eigenvalue weighted by atomic mass is 10.1. The molecular weight excluding hydrogens is 402 g/mol. The molecule has 0 aliphatic carbocycles. The van der Waals surface area contributed by atoms with Crippen molar-refractivity contribution in [3.05, 3.63) is 57.2 Å². The van der Waals surface area contributed by atoms with E-state index in [0.717, 1.165) is 0 Å². The third-order valence-electron chi connectivity index (χ3n) is 4.29. The zero-order valence-corrected chi connectivity index (χ0v) is 16.2. The van der Waals surface area contributed by atoms with Crippen LogP contribution in [0.15, 0.2) is 45.7 Å². The summed E-state index contributed by atoms with van der Waals surface area (Å²) < 4.78 is 11.6. The minimum Gasteiger partial charge on any atom is -0.457 e. The molecule has 1 amide bonds. The number of carbonyl (C=O) groups is 1. The average Bonchev–Trinajstić information content (AvgIpc) is 3.27. The van der Waals surface area contributed by atoms with Crippen molar-refractivity contribution < 1.29 is 18.9 Å².